The summed E-state index contributed by atoms with van der Waals surface area (Å²) in [7, 11) is 0. The number of carbonyl (C=O) groups excluding carboxylic acids is 1. The maximum atomic E-state index is 12.5. The molecule has 2 atom stereocenters. The number of benzene rings is 1. The van der Waals surface area contributed by atoms with Crippen molar-refractivity contribution in [2.45, 2.75) is 31.3 Å². The lowest BCUT2D eigenvalue weighted by molar-refractivity contribution is -0.129. The molecule has 2 amide bonds. The van der Waals surface area contributed by atoms with Crippen LogP contribution < -0.4 is 5.32 Å². The van der Waals surface area contributed by atoms with Gasteiger partial charge in [-0.3, -0.25) is 9.69 Å². The van der Waals surface area contributed by atoms with E-state index in [1.54, 1.807) is 0 Å². The Morgan fingerprint density at radius 3 is 2.74 bits per heavy atom. The second kappa shape index (κ2) is 6.54. The number of carbonyl (C=O) groups is 2. The minimum absolute atomic E-state index is 0.0557. The molecule has 3 rings (SSSR count). The fourth-order valence-corrected chi connectivity index (χ4v) is 3.55. The zero-order chi connectivity index (χ0) is 16.4. The lowest BCUT2D eigenvalue weighted by atomic mass is 10.0. The summed E-state index contributed by atoms with van der Waals surface area (Å²) in [5.74, 6) is -0.0557. The summed E-state index contributed by atoms with van der Waals surface area (Å²) < 4.78 is 0. The lowest BCUT2D eigenvalue weighted by Gasteiger charge is -2.36. The largest absolute Gasteiger partial charge is 0.465 e. The molecule has 0 aliphatic carbocycles. The zero-order valence-electron chi connectivity index (χ0n) is 12.6. The average Bonchev–Trinajstić information content (AvgIpc) is 3.00. The highest BCUT2D eigenvalue weighted by atomic mass is 32.1. The molecule has 7 heteroatoms. The molecule has 2 N–H and O–H groups in total. The van der Waals surface area contributed by atoms with E-state index >= 15 is 0 Å². The molecule has 6 nitrogen and oxygen atoms in total. The molecule has 23 heavy (non-hydrogen) atoms. The van der Waals surface area contributed by atoms with Crippen molar-refractivity contribution < 1.29 is 14.7 Å². The normalized spacial score (nSPS) is 24.7. The molecule has 0 spiro atoms. The molecular formula is C16H19N3O3S. The first-order chi connectivity index (χ1) is 11.1. The standard InChI is InChI=1S/C16H19N3O3S/c20-14-9-13(11-5-2-1-3-6-11)17-15(23)19(14)10-12-7-4-8-18(12)16(21)22/h1-3,5-6,12-13H,4,7-10H2,(H,17,23)(H,21,22)/t12?,13-/m0/s1. The van der Waals surface area contributed by atoms with Crippen LogP contribution in [0.25, 0.3) is 0 Å². The fourth-order valence-electron chi connectivity index (χ4n) is 3.24. The highest BCUT2D eigenvalue weighted by Gasteiger charge is 2.36. The predicted octanol–water partition coefficient (Wildman–Crippen LogP) is 1.98. The Balaban J connectivity index is 1.68. The Labute approximate surface area is 140 Å². The van der Waals surface area contributed by atoms with Crippen molar-refractivity contribution in [2.75, 3.05) is 13.1 Å². The molecule has 1 aromatic carbocycles. The van der Waals surface area contributed by atoms with Crippen LogP contribution in [0.3, 0.4) is 0 Å². The molecule has 2 heterocycles. The van der Waals surface area contributed by atoms with E-state index in [9.17, 15) is 14.7 Å². The number of hydrogen-bond acceptors (Lipinski definition) is 3. The van der Waals surface area contributed by atoms with Crippen LogP contribution >= 0.6 is 12.2 Å². The van der Waals surface area contributed by atoms with Crippen LogP contribution in [-0.4, -0.2) is 51.2 Å². The van der Waals surface area contributed by atoms with Gasteiger partial charge < -0.3 is 15.3 Å². The summed E-state index contributed by atoms with van der Waals surface area (Å²) in [6.45, 7) is 0.855. The van der Waals surface area contributed by atoms with Crippen molar-refractivity contribution in [2.24, 2.45) is 0 Å². The molecule has 0 saturated carbocycles. The number of nitrogens with one attached hydrogen (secondary N) is 1. The maximum Gasteiger partial charge on any atom is 0.407 e. The van der Waals surface area contributed by atoms with Crippen molar-refractivity contribution >= 4 is 29.3 Å². The van der Waals surface area contributed by atoms with Crippen LogP contribution in [0.1, 0.15) is 30.9 Å². The first kappa shape index (κ1) is 15.7. The van der Waals surface area contributed by atoms with Crippen molar-refractivity contribution in [3.05, 3.63) is 35.9 Å². The lowest BCUT2D eigenvalue weighted by Crippen LogP contribution is -2.55. The molecular weight excluding hydrogens is 314 g/mol. The molecule has 2 fully saturated rings. The van der Waals surface area contributed by atoms with Gasteiger partial charge in [-0.1, -0.05) is 30.3 Å². The van der Waals surface area contributed by atoms with Gasteiger partial charge in [0.25, 0.3) is 0 Å². The highest BCUT2D eigenvalue weighted by Crippen LogP contribution is 2.25. The first-order valence-corrected chi connectivity index (χ1v) is 8.12. The first-order valence-electron chi connectivity index (χ1n) is 7.71. The number of nitrogens with zero attached hydrogens (tertiary/aromatic N) is 2. The molecule has 1 aromatic rings. The van der Waals surface area contributed by atoms with Gasteiger partial charge in [0.05, 0.1) is 18.5 Å². The molecule has 1 unspecified atom stereocenters. The molecule has 2 aliphatic heterocycles. The van der Waals surface area contributed by atoms with Crippen LogP contribution in [-0.2, 0) is 4.79 Å². The van der Waals surface area contributed by atoms with Gasteiger partial charge in [0.2, 0.25) is 5.91 Å². The predicted molar refractivity (Wildman–Crippen MR) is 89.0 cm³/mol. The van der Waals surface area contributed by atoms with Crippen LogP contribution in [0.15, 0.2) is 30.3 Å². The van der Waals surface area contributed by atoms with Gasteiger partial charge in [-0.2, -0.15) is 0 Å². The Morgan fingerprint density at radius 1 is 1.35 bits per heavy atom. The van der Waals surface area contributed by atoms with Gasteiger partial charge in [-0.05, 0) is 30.6 Å². The zero-order valence-corrected chi connectivity index (χ0v) is 13.5. The van der Waals surface area contributed by atoms with Crippen molar-refractivity contribution in [1.29, 1.82) is 0 Å². The third-order valence-electron chi connectivity index (χ3n) is 4.44. The van der Waals surface area contributed by atoms with E-state index in [-0.39, 0.29) is 18.0 Å². The highest BCUT2D eigenvalue weighted by molar-refractivity contribution is 7.80. The Kier molecular flexibility index (Phi) is 4.47. The van der Waals surface area contributed by atoms with E-state index < -0.39 is 6.09 Å². The fraction of sp³-hybridized carbons (Fsp3) is 0.438. The summed E-state index contributed by atoms with van der Waals surface area (Å²) in [6, 6.07) is 9.43. The summed E-state index contributed by atoms with van der Waals surface area (Å²) in [4.78, 5) is 26.6. The third-order valence-corrected chi connectivity index (χ3v) is 4.78. The summed E-state index contributed by atoms with van der Waals surface area (Å²) >= 11 is 5.35. The molecule has 0 radical (unpaired) electrons. The smallest absolute Gasteiger partial charge is 0.407 e. The average molecular weight is 333 g/mol. The van der Waals surface area contributed by atoms with E-state index in [1.165, 1.54) is 9.80 Å². The minimum Gasteiger partial charge on any atom is -0.465 e. The van der Waals surface area contributed by atoms with E-state index in [2.05, 4.69) is 5.32 Å². The third kappa shape index (κ3) is 3.29. The van der Waals surface area contributed by atoms with Gasteiger partial charge in [0.15, 0.2) is 5.11 Å². The van der Waals surface area contributed by atoms with Gasteiger partial charge in [-0.15, -0.1) is 0 Å². The summed E-state index contributed by atoms with van der Waals surface area (Å²) in [5.41, 5.74) is 1.02. The molecule has 0 aromatic heterocycles. The number of amides is 2. The molecule has 122 valence electrons. The monoisotopic (exact) mass is 333 g/mol. The van der Waals surface area contributed by atoms with E-state index in [4.69, 9.17) is 12.2 Å². The Bertz CT molecular complexity index is 604. The topological polar surface area (TPSA) is 72.9 Å². The quantitative estimate of drug-likeness (QED) is 0.828. The Morgan fingerprint density at radius 2 is 2.09 bits per heavy atom. The number of hydrogen-bond donors (Lipinski definition) is 2. The van der Waals surface area contributed by atoms with Crippen molar-refractivity contribution in [3.8, 4) is 0 Å². The summed E-state index contributed by atoms with van der Waals surface area (Å²) in [5, 5.41) is 12.8. The second-order valence-corrected chi connectivity index (χ2v) is 6.28. The second-order valence-electron chi connectivity index (χ2n) is 5.89. The number of thiocarbonyl (C=S) groups is 1. The Hall–Kier alpha value is -2.15. The molecule has 0 bridgehead atoms. The summed E-state index contributed by atoms with van der Waals surface area (Å²) in [6.07, 6.45) is 0.981. The van der Waals surface area contributed by atoms with Gasteiger partial charge >= 0.3 is 6.09 Å². The van der Waals surface area contributed by atoms with Crippen molar-refractivity contribution in [3.63, 3.8) is 0 Å². The molecule has 2 aliphatic rings. The van der Waals surface area contributed by atoms with Crippen LogP contribution in [0.5, 0.6) is 0 Å². The maximum absolute atomic E-state index is 12.5. The minimum atomic E-state index is -0.932. The van der Waals surface area contributed by atoms with E-state index in [0.29, 0.717) is 24.6 Å². The SMILES string of the molecule is O=C1C[C@@H](c2ccccc2)NC(=S)N1CC1CCCN1C(=O)O. The van der Waals surface area contributed by atoms with Crippen LogP contribution in [0.4, 0.5) is 4.79 Å². The number of rotatable bonds is 3. The number of carboxylic acid groups (broad SMARTS) is 1. The van der Waals surface area contributed by atoms with Crippen LogP contribution in [0.2, 0.25) is 0 Å². The van der Waals surface area contributed by atoms with Crippen LogP contribution in [0, 0.1) is 0 Å². The van der Waals surface area contributed by atoms with E-state index in [0.717, 1.165) is 18.4 Å². The van der Waals surface area contributed by atoms with Crippen molar-refractivity contribution in [1.82, 2.24) is 15.1 Å². The van der Waals surface area contributed by atoms with E-state index in [1.807, 2.05) is 30.3 Å². The van der Waals surface area contributed by atoms with Gasteiger partial charge in [-0.25, -0.2) is 4.79 Å². The van der Waals surface area contributed by atoms with Gasteiger partial charge in [0.1, 0.15) is 0 Å². The molecule has 2 saturated heterocycles. The van der Waals surface area contributed by atoms with Gasteiger partial charge in [0, 0.05) is 13.1 Å². The number of likely N-dealkylation sites (tertiary alicyclic amines) is 1.